The summed E-state index contributed by atoms with van der Waals surface area (Å²) >= 11 is 2.02. The Bertz CT molecular complexity index is 555. The predicted octanol–water partition coefficient (Wildman–Crippen LogP) is 3.82. The summed E-state index contributed by atoms with van der Waals surface area (Å²) in [5.74, 6) is -0.505. The molecule has 2 rings (SSSR count). The van der Waals surface area contributed by atoms with Crippen molar-refractivity contribution in [1.82, 2.24) is 0 Å². The van der Waals surface area contributed by atoms with Crippen LogP contribution < -0.4 is 4.74 Å². The van der Waals surface area contributed by atoms with Crippen molar-refractivity contribution in [2.45, 2.75) is 6.61 Å². The Balaban J connectivity index is 2.19. The lowest BCUT2D eigenvalue weighted by Crippen LogP contribution is -2.00. The molecule has 18 heavy (non-hydrogen) atoms. The molecule has 0 aromatic heterocycles. The third kappa shape index (κ3) is 3.07. The van der Waals surface area contributed by atoms with Crippen molar-refractivity contribution in [3.8, 4) is 5.75 Å². The minimum absolute atomic E-state index is 0.0185. The number of hydrogen-bond donors (Lipinski definition) is 0. The molecule has 2 aromatic rings. The first-order valence-corrected chi connectivity index (χ1v) is 6.39. The zero-order chi connectivity index (χ0) is 13.0. The molecule has 0 aliphatic carbocycles. The average Bonchev–Trinajstić information content (AvgIpc) is 2.40. The van der Waals surface area contributed by atoms with Crippen LogP contribution in [0.15, 0.2) is 42.5 Å². The first kappa shape index (κ1) is 13.0. The number of rotatable bonds is 4. The van der Waals surface area contributed by atoms with Gasteiger partial charge in [-0.05, 0) is 40.3 Å². The molecule has 0 N–H and O–H groups in total. The van der Waals surface area contributed by atoms with Gasteiger partial charge in [0.2, 0.25) is 0 Å². The first-order valence-electron chi connectivity index (χ1n) is 5.31. The quantitative estimate of drug-likeness (QED) is 0.615. The second-order valence-electron chi connectivity index (χ2n) is 3.70. The predicted molar refractivity (Wildman–Crippen MR) is 75.3 cm³/mol. The van der Waals surface area contributed by atoms with Gasteiger partial charge in [0.15, 0.2) is 17.9 Å². The maximum atomic E-state index is 13.8. The van der Waals surface area contributed by atoms with Crippen LogP contribution in [0, 0.1) is 9.39 Å². The molecule has 2 nitrogen and oxygen atoms in total. The van der Waals surface area contributed by atoms with Crippen LogP contribution >= 0.6 is 22.6 Å². The second-order valence-corrected chi connectivity index (χ2v) is 4.94. The van der Waals surface area contributed by atoms with Gasteiger partial charge in [0.1, 0.15) is 6.61 Å². The Hall–Kier alpha value is -1.43. The number of halogens is 2. The molecule has 92 valence electrons. The monoisotopic (exact) mass is 356 g/mol. The molecule has 0 spiro atoms. The van der Waals surface area contributed by atoms with Crippen LogP contribution in [0.25, 0.3) is 0 Å². The number of ether oxygens (including phenoxy) is 1. The van der Waals surface area contributed by atoms with E-state index in [9.17, 15) is 9.18 Å². The minimum Gasteiger partial charge on any atom is -0.486 e. The van der Waals surface area contributed by atoms with Gasteiger partial charge in [-0.2, -0.15) is 0 Å². The first-order chi connectivity index (χ1) is 8.70. The van der Waals surface area contributed by atoms with E-state index in [0.29, 0.717) is 6.29 Å². The molecular formula is C14H10FIO2. The highest BCUT2D eigenvalue weighted by atomic mass is 127. The molecule has 0 aliphatic rings. The standard InChI is InChI=1S/C14H10FIO2/c15-14-11(8-17)6-12(16)7-13(14)18-9-10-4-2-1-3-5-10/h1-8H,9H2. The van der Waals surface area contributed by atoms with Crippen LogP contribution in [-0.4, -0.2) is 6.29 Å². The van der Waals surface area contributed by atoms with Gasteiger partial charge < -0.3 is 4.74 Å². The zero-order valence-corrected chi connectivity index (χ0v) is 11.6. The summed E-state index contributed by atoms with van der Waals surface area (Å²) in [5.41, 5.74) is 0.966. The molecule has 0 radical (unpaired) electrons. The highest BCUT2D eigenvalue weighted by Crippen LogP contribution is 2.24. The molecule has 0 unspecified atom stereocenters. The number of benzene rings is 2. The molecule has 0 bridgehead atoms. The van der Waals surface area contributed by atoms with Gasteiger partial charge in [0.25, 0.3) is 0 Å². The average molecular weight is 356 g/mol. The molecular weight excluding hydrogens is 346 g/mol. The van der Waals surface area contributed by atoms with E-state index in [1.165, 1.54) is 6.07 Å². The van der Waals surface area contributed by atoms with E-state index < -0.39 is 5.82 Å². The van der Waals surface area contributed by atoms with Crippen molar-refractivity contribution in [1.29, 1.82) is 0 Å². The van der Waals surface area contributed by atoms with Crippen LogP contribution in [0.2, 0.25) is 0 Å². The highest BCUT2D eigenvalue weighted by Gasteiger charge is 2.10. The van der Waals surface area contributed by atoms with Gasteiger partial charge in [-0.3, -0.25) is 4.79 Å². The van der Waals surface area contributed by atoms with Gasteiger partial charge in [-0.15, -0.1) is 0 Å². The van der Waals surface area contributed by atoms with Gasteiger partial charge in [0.05, 0.1) is 5.56 Å². The Labute approximate surface area is 118 Å². The van der Waals surface area contributed by atoms with E-state index >= 15 is 0 Å². The smallest absolute Gasteiger partial charge is 0.175 e. The summed E-state index contributed by atoms with van der Waals surface area (Å²) in [4.78, 5) is 10.7. The number of carbonyl (C=O) groups excluding carboxylic acids is 1. The Morgan fingerprint density at radius 1 is 1.22 bits per heavy atom. The summed E-state index contributed by atoms with van der Waals surface area (Å²) in [6.45, 7) is 0.274. The van der Waals surface area contributed by atoms with E-state index in [0.717, 1.165) is 9.13 Å². The minimum atomic E-state index is -0.610. The second kappa shape index (κ2) is 5.95. The molecule has 0 saturated heterocycles. The van der Waals surface area contributed by atoms with Crippen molar-refractivity contribution in [2.24, 2.45) is 0 Å². The molecule has 4 heteroatoms. The fraction of sp³-hybridized carbons (Fsp3) is 0.0714. The SMILES string of the molecule is O=Cc1cc(I)cc(OCc2ccccc2)c1F. The van der Waals surface area contributed by atoms with E-state index in [4.69, 9.17) is 4.74 Å². The lowest BCUT2D eigenvalue weighted by molar-refractivity contribution is 0.111. The van der Waals surface area contributed by atoms with Crippen molar-refractivity contribution >= 4 is 28.9 Å². The number of carbonyl (C=O) groups is 1. The van der Waals surface area contributed by atoms with Crippen molar-refractivity contribution in [3.63, 3.8) is 0 Å². The van der Waals surface area contributed by atoms with Crippen LogP contribution in [0.3, 0.4) is 0 Å². The summed E-state index contributed by atoms with van der Waals surface area (Å²) in [6.07, 6.45) is 0.493. The van der Waals surface area contributed by atoms with Crippen molar-refractivity contribution in [2.75, 3.05) is 0 Å². The molecule has 0 saturated carbocycles. The van der Waals surface area contributed by atoms with E-state index in [2.05, 4.69) is 0 Å². The van der Waals surface area contributed by atoms with Crippen LogP contribution in [0.5, 0.6) is 5.75 Å². The third-order valence-corrected chi connectivity index (χ3v) is 3.02. The van der Waals surface area contributed by atoms with Gasteiger partial charge in [0, 0.05) is 3.57 Å². The fourth-order valence-electron chi connectivity index (χ4n) is 1.51. The summed E-state index contributed by atoms with van der Waals surface area (Å²) in [6, 6.07) is 12.5. The van der Waals surface area contributed by atoms with Crippen LogP contribution in [0.4, 0.5) is 4.39 Å². The number of hydrogen-bond acceptors (Lipinski definition) is 2. The van der Waals surface area contributed by atoms with E-state index in [-0.39, 0.29) is 17.9 Å². The topological polar surface area (TPSA) is 26.3 Å². The molecule has 0 aliphatic heterocycles. The zero-order valence-electron chi connectivity index (χ0n) is 9.40. The van der Waals surface area contributed by atoms with Crippen molar-refractivity contribution < 1.29 is 13.9 Å². The number of aldehydes is 1. The summed E-state index contributed by atoms with van der Waals surface area (Å²) < 4.78 is 20.0. The van der Waals surface area contributed by atoms with Crippen LogP contribution in [-0.2, 0) is 6.61 Å². The highest BCUT2D eigenvalue weighted by molar-refractivity contribution is 14.1. The Morgan fingerprint density at radius 2 is 1.94 bits per heavy atom. The van der Waals surface area contributed by atoms with E-state index in [1.54, 1.807) is 6.07 Å². The van der Waals surface area contributed by atoms with Gasteiger partial charge in [-0.1, -0.05) is 30.3 Å². The molecule has 0 fully saturated rings. The maximum absolute atomic E-state index is 13.8. The lowest BCUT2D eigenvalue weighted by atomic mass is 10.2. The summed E-state index contributed by atoms with van der Waals surface area (Å²) in [5, 5.41) is 0. The van der Waals surface area contributed by atoms with Crippen molar-refractivity contribution in [3.05, 3.63) is 63.0 Å². The Kier molecular flexibility index (Phi) is 4.30. The third-order valence-electron chi connectivity index (χ3n) is 2.40. The van der Waals surface area contributed by atoms with E-state index in [1.807, 2.05) is 52.9 Å². The molecule has 0 amide bonds. The molecule has 0 heterocycles. The normalized spacial score (nSPS) is 10.1. The summed E-state index contributed by atoms with van der Waals surface area (Å²) in [7, 11) is 0. The molecule has 2 aromatic carbocycles. The Morgan fingerprint density at radius 3 is 2.61 bits per heavy atom. The van der Waals surface area contributed by atoms with Crippen LogP contribution in [0.1, 0.15) is 15.9 Å². The lowest BCUT2D eigenvalue weighted by Gasteiger charge is -2.09. The maximum Gasteiger partial charge on any atom is 0.175 e. The molecule has 0 atom stereocenters. The van der Waals surface area contributed by atoms with Gasteiger partial charge >= 0.3 is 0 Å². The largest absolute Gasteiger partial charge is 0.486 e. The fourth-order valence-corrected chi connectivity index (χ4v) is 2.13. The van der Waals surface area contributed by atoms with Gasteiger partial charge in [-0.25, -0.2) is 4.39 Å².